The number of allylic oxidation sites excluding steroid dienone is 1. The topological polar surface area (TPSA) is 38.8 Å². The largest absolute Gasteiger partial charge is 0.445 e. The fourth-order valence-corrected chi connectivity index (χ4v) is 13.7. The molecule has 0 unspecified atom stereocenters. The molecule has 4 nitrogen and oxygen atoms in total. The zero-order chi connectivity index (χ0) is 36.3. The lowest BCUT2D eigenvalue weighted by Gasteiger charge is -2.48. The van der Waals surface area contributed by atoms with Gasteiger partial charge in [0.05, 0.1) is 12.6 Å². The van der Waals surface area contributed by atoms with Crippen molar-refractivity contribution in [3.63, 3.8) is 0 Å². The van der Waals surface area contributed by atoms with Crippen molar-refractivity contribution in [2.45, 2.75) is 70.1 Å². The minimum atomic E-state index is -2.98. The Hall–Kier alpha value is -4.50. The monoisotopic (exact) mass is 711 g/mol. The van der Waals surface area contributed by atoms with Crippen LogP contribution in [-0.2, 0) is 22.3 Å². The van der Waals surface area contributed by atoms with E-state index in [1.165, 1.54) is 15.6 Å². The molecule has 0 aromatic heterocycles. The lowest BCUT2D eigenvalue weighted by atomic mass is 10.1. The van der Waals surface area contributed by atoms with Gasteiger partial charge in [-0.15, -0.1) is 6.58 Å². The van der Waals surface area contributed by atoms with Crippen LogP contribution in [0.3, 0.4) is 0 Å². The second-order valence-corrected chi connectivity index (χ2v) is 23.7. The average molecular weight is 712 g/mol. The van der Waals surface area contributed by atoms with Crippen LogP contribution in [0.25, 0.3) is 0 Å². The molecule has 2 atom stereocenters. The minimum Gasteiger partial charge on any atom is -0.445 e. The fraction of sp³-hybridized carbons (Fsp3) is 0.267. The maximum atomic E-state index is 14.8. The highest BCUT2D eigenvalue weighted by Gasteiger charge is 2.52. The van der Waals surface area contributed by atoms with Crippen molar-refractivity contribution in [3.8, 4) is 0 Å². The number of hydrogen-bond donors (Lipinski definition) is 0. The Morgan fingerprint density at radius 1 is 0.686 bits per heavy atom. The van der Waals surface area contributed by atoms with Gasteiger partial charge in [-0.25, -0.2) is 4.79 Å². The summed E-state index contributed by atoms with van der Waals surface area (Å²) in [4.78, 5) is 16.7. The maximum Gasteiger partial charge on any atom is 0.410 e. The molecule has 0 spiro atoms. The van der Waals surface area contributed by atoms with Crippen LogP contribution in [0.4, 0.5) is 4.79 Å². The Balaban J connectivity index is 1.77. The predicted octanol–water partition coefficient (Wildman–Crippen LogP) is 9.33. The van der Waals surface area contributed by atoms with Gasteiger partial charge in [-0.3, -0.25) is 4.90 Å². The van der Waals surface area contributed by atoms with Crippen molar-refractivity contribution in [3.05, 3.63) is 175 Å². The molecule has 0 radical (unpaired) electrons. The van der Waals surface area contributed by atoms with Gasteiger partial charge in [-0.2, -0.15) is 0 Å². The molecule has 0 bridgehead atoms. The third-order valence-corrected chi connectivity index (χ3v) is 20.6. The van der Waals surface area contributed by atoms with Crippen molar-refractivity contribution >= 4 is 38.0 Å². The molecule has 1 amide bonds. The van der Waals surface area contributed by atoms with Gasteiger partial charge in [0.15, 0.2) is 16.4 Å². The molecule has 0 N–H and O–H groups in total. The first-order valence-corrected chi connectivity index (χ1v) is 23.0. The van der Waals surface area contributed by atoms with Crippen LogP contribution in [0.1, 0.15) is 38.3 Å². The normalized spacial score (nSPS) is 13.2. The van der Waals surface area contributed by atoms with E-state index in [9.17, 15) is 4.79 Å². The van der Waals surface area contributed by atoms with E-state index in [4.69, 9.17) is 9.16 Å². The summed E-state index contributed by atoms with van der Waals surface area (Å²) in [7, 11) is -5.24. The van der Waals surface area contributed by atoms with Crippen molar-refractivity contribution in [2.75, 3.05) is 6.61 Å². The molecular formula is C45H53NO3Si2. The van der Waals surface area contributed by atoms with Gasteiger partial charge >= 0.3 is 6.09 Å². The maximum absolute atomic E-state index is 14.8. The summed E-state index contributed by atoms with van der Waals surface area (Å²) in [6.07, 6.45) is 2.36. The zero-order valence-electron chi connectivity index (χ0n) is 30.9. The molecule has 264 valence electrons. The number of ether oxygens (including phenoxy) is 1. The molecule has 5 rings (SSSR count). The van der Waals surface area contributed by atoms with E-state index in [1.807, 2.05) is 59.5 Å². The molecule has 0 aliphatic carbocycles. The Morgan fingerprint density at radius 3 is 1.51 bits per heavy atom. The molecule has 5 aromatic rings. The summed E-state index contributed by atoms with van der Waals surface area (Å²) >= 11 is 0. The SMILES string of the molecule is C=CC[C@@H]([C@@H](CO[Si](C)(C)C(C)(C)C)N(Cc1ccccc1)C(=O)OCc1ccccc1)[Si](c1ccccc1)(c1ccccc1)c1ccccc1. The molecule has 5 aromatic carbocycles. The lowest BCUT2D eigenvalue weighted by Crippen LogP contribution is -2.73. The van der Waals surface area contributed by atoms with Gasteiger partial charge in [0, 0.05) is 6.54 Å². The fourth-order valence-electron chi connectivity index (χ4n) is 6.88. The van der Waals surface area contributed by atoms with Crippen molar-refractivity contribution in [1.29, 1.82) is 0 Å². The van der Waals surface area contributed by atoms with Gasteiger partial charge in [0.25, 0.3) is 0 Å². The van der Waals surface area contributed by atoms with Crippen molar-refractivity contribution < 1.29 is 14.0 Å². The van der Waals surface area contributed by atoms with Gasteiger partial charge in [0.1, 0.15) is 6.61 Å². The van der Waals surface area contributed by atoms with E-state index >= 15 is 0 Å². The van der Waals surface area contributed by atoms with Crippen LogP contribution in [0.15, 0.2) is 164 Å². The van der Waals surface area contributed by atoms with Gasteiger partial charge < -0.3 is 9.16 Å². The van der Waals surface area contributed by atoms with Gasteiger partial charge in [-0.1, -0.05) is 179 Å². The predicted molar refractivity (Wildman–Crippen MR) is 218 cm³/mol. The van der Waals surface area contributed by atoms with Crippen LogP contribution < -0.4 is 15.6 Å². The number of amides is 1. The molecular weight excluding hydrogens is 659 g/mol. The number of benzene rings is 5. The minimum absolute atomic E-state index is 0.0175. The van der Waals surface area contributed by atoms with Crippen LogP contribution in [0.2, 0.25) is 23.7 Å². The van der Waals surface area contributed by atoms with Gasteiger partial charge in [-0.05, 0) is 56.8 Å². The molecule has 0 aliphatic heterocycles. The Morgan fingerprint density at radius 2 is 1.10 bits per heavy atom. The quantitative estimate of drug-likeness (QED) is 0.0618. The summed E-state index contributed by atoms with van der Waals surface area (Å²) in [5.74, 6) is 0. The smallest absolute Gasteiger partial charge is 0.410 e. The van der Waals surface area contributed by atoms with Crippen molar-refractivity contribution in [1.82, 2.24) is 4.90 Å². The highest BCUT2D eigenvalue weighted by Crippen LogP contribution is 2.39. The molecule has 0 saturated heterocycles. The molecule has 51 heavy (non-hydrogen) atoms. The third kappa shape index (κ3) is 8.88. The molecule has 0 aliphatic rings. The van der Waals surface area contributed by atoms with Crippen LogP contribution in [-0.4, -0.2) is 40.0 Å². The third-order valence-electron chi connectivity index (χ3n) is 10.6. The zero-order valence-corrected chi connectivity index (χ0v) is 32.9. The van der Waals surface area contributed by atoms with Crippen LogP contribution in [0.5, 0.6) is 0 Å². The lowest BCUT2D eigenvalue weighted by molar-refractivity contribution is 0.0597. The average Bonchev–Trinajstić information content (AvgIpc) is 3.15. The summed E-state index contributed by atoms with van der Waals surface area (Å²) in [6, 6.07) is 52.6. The highest BCUT2D eigenvalue weighted by atomic mass is 28.4. The molecule has 0 saturated carbocycles. The summed E-state index contributed by atoms with van der Waals surface area (Å²) in [5.41, 5.74) is 1.92. The van der Waals surface area contributed by atoms with Gasteiger partial charge in [0.2, 0.25) is 0 Å². The Labute approximate surface area is 307 Å². The first kappa shape index (κ1) is 37.8. The second kappa shape index (κ2) is 17.1. The second-order valence-electron chi connectivity index (χ2n) is 14.8. The summed E-state index contributed by atoms with van der Waals surface area (Å²) in [6.45, 7) is 16.7. The molecule has 0 fully saturated rings. The number of hydrogen-bond acceptors (Lipinski definition) is 3. The first-order valence-electron chi connectivity index (χ1n) is 18.0. The number of carbonyl (C=O) groups is 1. The van der Waals surface area contributed by atoms with E-state index in [1.54, 1.807) is 0 Å². The highest BCUT2D eigenvalue weighted by molar-refractivity contribution is 7.12. The first-order chi connectivity index (χ1) is 24.6. The van der Waals surface area contributed by atoms with E-state index in [0.29, 0.717) is 19.6 Å². The number of nitrogens with zero attached hydrogens (tertiary/aromatic N) is 1. The molecule has 0 heterocycles. The number of carbonyl (C=O) groups excluding carboxylic acids is 1. The Kier molecular flexibility index (Phi) is 12.7. The Bertz CT molecular complexity index is 1700. The number of rotatable bonds is 15. The van der Waals surface area contributed by atoms with E-state index in [2.05, 4.69) is 144 Å². The summed E-state index contributed by atoms with van der Waals surface area (Å²) < 4.78 is 13.4. The van der Waals surface area contributed by atoms with Crippen molar-refractivity contribution in [2.24, 2.45) is 0 Å². The summed E-state index contributed by atoms with van der Waals surface area (Å²) in [5, 5.41) is 3.83. The van der Waals surface area contributed by atoms with E-state index in [-0.39, 0.29) is 29.3 Å². The van der Waals surface area contributed by atoms with Crippen LogP contribution in [0, 0.1) is 0 Å². The van der Waals surface area contributed by atoms with Crippen LogP contribution >= 0.6 is 0 Å². The standard InChI is InChI=1S/C45H53NO3Si2/c1-7-23-43(51(39-28-17-10-18-29-39,40-30-19-11-20-31-40)41-32-21-12-22-33-41)42(36-49-50(5,6)45(2,3)4)46(34-37-24-13-8-14-25-37)44(47)48-35-38-26-15-9-16-27-38/h7-22,24-33,42-43H,1,23,34-36H2,2-6H3/t42-,43+/m1/s1. The van der Waals surface area contributed by atoms with E-state index in [0.717, 1.165) is 11.1 Å². The molecule has 6 heteroatoms. The van der Waals surface area contributed by atoms with E-state index < -0.39 is 16.4 Å².